The zero-order valence-corrected chi connectivity index (χ0v) is 13.0. The van der Waals surface area contributed by atoms with E-state index in [1.54, 1.807) is 20.8 Å². The zero-order valence-electron chi connectivity index (χ0n) is 13.0. The van der Waals surface area contributed by atoms with Crippen LogP contribution in [0.5, 0.6) is 0 Å². The molecule has 0 bridgehead atoms. The van der Waals surface area contributed by atoms with Crippen molar-refractivity contribution in [3.05, 3.63) is 46.0 Å². The number of carbonyl (C=O) groups excluding carboxylic acids is 1. The van der Waals surface area contributed by atoms with Gasteiger partial charge in [0.15, 0.2) is 6.10 Å². The van der Waals surface area contributed by atoms with Crippen LogP contribution in [0.15, 0.2) is 30.3 Å². The molecule has 1 aromatic rings. The minimum atomic E-state index is -2.68. The van der Waals surface area contributed by atoms with Gasteiger partial charge in [0.25, 0.3) is 0 Å². The van der Waals surface area contributed by atoms with Crippen molar-refractivity contribution >= 4 is 5.97 Å². The molecule has 7 heteroatoms. The average Bonchev–Trinajstić information content (AvgIpc) is 2.42. The fourth-order valence-electron chi connectivity index (χ4n) is 1.86. The predicted molar refractivity (Wildman–Crippen MR) is 80.5 cm³/mol. The summed E-state index contributed by atoms with van der Waals surface area (Å²) in [6.45, 7) is 4.71. The second-order valence-corrected chi connectivity index (χ2v) is 6.12. The molecule has 0 aromatic heterocycles. The van der Waals surface area contributed by atoms with Gasteiger partial charge in [-0.25, -0.2) is 4.79 Å². The van der Waals surface area contributed by atoms with Crippen LogP contribution in [-0.2, 0) is 16.0 Å². The monoisotopic (exact) mass is 310 g/mol. The lowest BCUT2D eigenvalue weighted by Gasteiger charge is -2.28. The Morgan fingerprint density at radius 1 is 1.36 bits per heavy atom. The van der Waals surface area contributed by atoms with Crippen molar-refractivity contribution in [2.75, 3.05) is 0 Å². The summed E-state index contributed by atoms with van der Waals surface area (Å²) in [6.07, 6.45) is -1.32. The van der Waals surface area contributed by atoms with Gasteiger partial charge in [-0.05, 0) is 39.2 Å². The maximum absolute atomic E-state index is 12.0. The fourth-order valence-corrected chi connectivity index (χ4v) is 1.86. The Balaban J connectivity index is 2.84. The second kappa shape index (κ2) is 6.85. The maximum Gasteiger partial charge on any atom is 0.404 e. The lowest BCUT2D eigenvalue weighted by molar-refractivity contribution is -0.567. The molecule has 122 valence electrons. The smallest absolute Gasteiger partial charge is 0.404 e. The molecule has 0 heterocycles. The van der Waals surface area contributed by atoms with Crippen molar-refractivity contribution in [2.24, 2.45) is 5.73 Å². The Hall–Kier alpha value is -1.99. The number of esters is 1. The van der Waals surface area contributed by atoms with Gasteiger partial charge in [0, 0.05) is 0 Å². The molecular formula is C15H22N2O5. The number of aliphatic hydroxyl groups excluding tert-OH is 1. The Kier molecular flexibility index (Phi) is 5.62. The first-order valence-electron chi connectivity index (χ1n) is 6.96. The third kappa shape index (κ3) is 4.51. The molecule has 22 heavy (non-hydrogen) atoms. The third-order valence-electron chi connectivity index (χ3n) is 3.09. The molecule has 0 aliphatic rings. The average molecular weight is 310 g/mol. The molecule has 0 spiro atoms. The van der Waals surface area contributed by atoms with Gasteiger partial charge in [0.1, 0.15) is 5.60 Å². The molecule has 1 rings (SSSR count). The van der Waals surface area contributed by atoms with Gasteiger partial charge >= 0.3 is 11.6 Å². The SMILES string of the molecule is CC(C)(C)OC(=O)C(N)(C(O)CCc1ccccc1)[N+](=O)[O-]. The van der Waals surface area contributed by atoms with E-state index in [0.717, 1.165) is 5.56 Å². The van der Waals surface area contributed by atoms with Crippen LogP contribution in [0.1, 0.15) is 32.8 Å². The Bertz CT molecular complexity index is 526. The third-order valence-corrected chi connectivity index (χ3v) is 3.09. The summed E-state index contributed by atoms with van der Waals surface area (Å²) in [5.41, 5.74) is 2.85. The van der Waals surface area contributed by atoms with Crippen molar-refractivity contribution in [3.8, 4) is 0 Å². The van der Waals surface area contributed by atoms with Gasteiger partial charge in [-0.3, -0.25) is 15.8 Å². The van der Waals surface area contributed by atoms with Crippen LogP contribution < -0.4 is 5.73 Å². The summed E-state index contributed by atoms with van der Waals surface area (Å²) < 4.78 is 4.97. The lowest BCUT2D eigenvalue weighted by Crippen LogP contribution is -2.64. The number of hydrogen-bond donors (Lipinski definition) is 2. The highest BCUT2D eigenvalue weighted by molar-refractivity contribution is 5.79. The van der Waals surface area contributed by atoms with Crippen LogP contribution in [0.4, 0.5) is 0 Å². The number of aryl methyl sites for hydroxylation is 1. The first kappa shape index (κ1) is 18.1. The summed E-state index contributed by atoms with van der Waals surface area (Å²) in [6, 6.07) is 9.12. The number of nitrogens with two attached hydrogens (primary N) is 1. The molecule has 0 saturated carbocycles. The van der Waals surface area contributed by atoms with E-state index in [9.17, 15) is 20.0 Å². The van der Waals surface area contributed by atoms with Crippen LogP contribution in [0.3, 0.4) is 0 Å². The van der Waals surface area contributed by atoms with E-state index in [0.29, 0.717) is 6.42 Å². The van der Waals surface area contributed by atoms with Gasteiger partial charge in [-0.1, -0.05) is 30.3 Å². The summed E-state index contributed by atoms with van der Waals surface area (Å²) in [7, 11) is 0. The van der Waals surface area contributed by atoms with Crippen LogP contribution >= 0.6 is 0 Å². The van der Waals surface area contributed by atoms with Gasteiger partial charge in [0.2, 0.25) is 0 Å². The molecule has 1 aromatic carbocycles. The van der Waals surface area contributed by atoms with E-state index in [1.807, 2.05) is 30.3 Å². The largest absolute Gasteiger partial charge is 0.453 e. The Morgan fingerprint density at radius 2 is 1.91 bits per heavy atom. The highest BCUT2D eigenvalue weighted by Gasteiger charge is 2.56. The van der Waals surface area contributed by atoms with Gasteiger partial charge < -0.3 is 9.84 Å². The van der Waals surface area contributed by atoms with E-state index < -0.39 is 28.3 Å². The van der Waals surface area contributed by atoms with Crippen LogP contribution in [0, 0.1) is 10.1 Å². The summed E-state index contributed by atoms with van der Waals surface area (Å²) in [5, 5.41) is 21.3. The Morgan fingerprint density at radius 3 is 2.36 bits per heavy atom. The summed E-state index contributed by atoms with van der Waals surface area (Å²) in [4.78, 5) is 22.3. The normalized spacial score (nSPS) is 15.7. The standard InChI is InChI=1S/C15H22N2O5/c1-14(2,3)22-13(19)15(16,17(20)21)12(18)10-9-11-7-5-4-6-8-11/h4-8,12,18H,9-10,16H2,1-3H3. The van der Waals surface area contributed by atoms with Crippen molar-refractivity contribution in [1.29, 1.82) is 0 Å². The zero-order chi connectivity index (χ0) is 17.0. The van der Waals surface area contributed by atoms with Crippen LogP contribution in [0.2, 0.25) is 0 Å². The molecule has 7 nitrogen and oxygen atoms in total. The molecule has 2 unspecified atom stereocenters. The number of carbonyl (C=O) groups is 1. The molecule has 0 fully saturated rings. The van der Waals surface area contributed by atoms with Crippen LogP contribution in [-0.4, -0.2) is 33.4 Å². The van der Waals surface area contributed by atoms with E-state index in [1.165, 1.54) is 0 Å². The van der Waals surface area contributed by atoms with Crippen molar-refractivity contribution in [1.82, 2.24) is 0 Å². The lowest BCUT2D eigenvalue weighted by atomic mass is 9.97. The maximum atomic E-state index is 12.0. The first-order valence-corrected chi connectivity index (χ1v) is 6.96. The second-order valence-electron chi connectivity index (χ2n) is 6.12. The minimum absolute atomic E-state index is 0.0270. The number of hydrogen-bond acceptors (Lipinski definition) is 6. The molecule has 0 radical (unpaired) electrons. The van der Waals surface area contributed by atoms with Crippen molar-refractivity contribution < 1.29 is 19.6 Å². The number of aliphatic hydroxyl groups is 1. The number of ether oxygens (including phenoxy) is 1. The summed E-state index contributed by atoms with van der Waals surface area (Å²) in [5.74, 6) is -1.24. The van der Waals surface area contributed by atoms with E-state index >= 15 is 0 Å². The number of nitrogens with zero attached hydrogens (tertiary/aromatic N) is 1. The number of benzene rings is 1. The molecule has 3 N–H and O–H groups in total. The summed E-state index contributed by atoms with van der Waals surface area (Å²) >= 11 is 0. The van der Waals surface area contributed by atoms with Crippen molar-refractivity contribution in [3.63, 3.8) is 0 Å². The highest BCUT2D eigenvalue weighted by atomic mass is 16.6. The molecular weight excluding hydrogens is 288 g/mol. The van der Waals surface area contributed by atoms with E-state index in [4.69, 9.17) is 10.5 Å². The van der Waals surface area contributed by atoms with Gasteiger partial charge in [-0.15, -0.1) is 0 Å². The molecule has 0 amide bonds. The highest BCUT2D eigenvalue weighted by Crippen LogP contribution is 2.20. The topological polar surface area (TPSA) is 116 Å². The molecule has 0 aliphatic heterocycles. The quantitative estimate of drug-likeness (QED) is 0.353. The fraction of sp³-hybridized carbons (Fsp3) is 0.533. The van der Waals surface area contributed by atoms with E-state index in [2.05, 4.69) is 0 Å². The Labute approximate surface area is 129 Å². The molecule has 0 saturated heterocycles. The first-order chi connectivity index (χ1) is 10.1. The van der Waals surface area contributed by atoms with Gasteiger partial charge in [0.05, 0.1) is 4.92 Å². The molecule has 2 atom stereocenters. The van der Waals surface area contributed by atoms with Gasteiger partial charge in [-0.2, -0.15) is 0 Å². The minimum Gasteiger partial charge on any atom is -0.453 e. The van der Waals surface area contributed by atoms with Crippen molar-refractivity contribution in [2.45, 2.75) is 51.0 Å². The number of nitro groups is 1. The predicted octanol–water partition coefficient (Wildman–Crippen LogP) is 1.25. The molecule has 0 aliphatic carbocycles. The van der Waals surface area contributed by atoms with E-state index in [-0.39, 0.29) is 6.42 Å². The van der Waals surface area contributed by atoms with Crippen LogP contribution in [0.25, 0.3) is 0 Å². The number of rotatable bonds is 6.